The first-order valence-electron chi connectivity index (χ1n) is 11.2. The first-order chi connectivity index (χ1) is 16.2. The minimum atomic E-state index is 0.0830. The maximum atomic E-state index is 13.0. The van der Waals surface area contributed by atoms with Crippen LogP contribution in [-0.2, 0) is 6.54 Å². The van der Waals surface area contributed by atoms with E-state index in [4.69, 9.17) is 4.74 Å². The van der Waals surface area contributed by atoms with E-state index in [1.807, 2.05) is 72.5 Å². The van der Waals surface area contributed by atoms with Gasteiger partial charge in [0.05, 0.1) is 18.8 Å². The van der Waals surface area contributed by atoms with Crippen molar-refractivity contribution < 1.29 is 9.53 Å². The van der Waals surface area contributed by atoms with E-state index < -0.39 is 0 Å². The van der Waals surface area contributed by atoms with E-state index in [-0.39, 0.29) is 5.91 Å². The van der Waals surface area contributed by atoms with Crippen molar-refractivity contribution in [3.8, 4) is 11.4 Å². The van der Waals surface area contributed by atoms with Gasteiger partial charge in [-0.2, -0.15) is 4.68 Å². The number of carbonyl (C=O) groups is 1. The zero-order chi connectivity index (χ0) is 22.6. The van der Waals surface area contributed by atoms with Gasteiger partial charge >= 0.3 is 0 Å². The fourth-order valence-corrected chi connectivity index (χ4v) is 4.17. The van der Waals surface area contributed by atoms with Crippen molar-refractivity contribution in [2.24, 2.45) is 0 Å². The third-order valence-corrected chi connectivity index (χ3v) is 5.95. The van der Waals surface area contributed by atoms with E-state index in [9.17, 15) is 4.79 Å². The molecule has 1 aliphatic rings. The van der Waals surface area contributed by atoms with Crippen LogP contribution in [0, 0.1) is 0 Å². The van der Waals surface area contributed by atoms with Gasteiger partial charge in [0.2, 0.25) is 0 Å². The summed E-state index contributed by atoms with van der Waals surface area (Å²) in [5.74, 6) is 1.68. The Balaban J connectivity index is 1.21. The standard InChI is InChI=1S/C25H26N6O2/c1-2-33-23-11-9-22(10-12-23)31-24(26-27-28-31)18-29-13-15-30(16-14-29)25(32)21-8-7-19-5-3-4-6-20(19)17-21/h3-12,17H,2,13-16,18H2,1H3. The number of fused-ring (bicyclic) bond motifs is 1. The van der Waals surface area contributed by atoms with Crippen LogP contribution in [0.5, 0.6) is 5.75 Å². The number of hydrogen-bond acceptors (Lipinski definition) is 6. The summed E-state index contributed by atoms with van der Waals surface area (Å²) in [6, 6.07) is 21.8. The van der Waals surface area contributed by atoms with Crippen molar-refractivity contribution in [3.05, 3.63) is 78.1 Å². The molecule has 1 amide bonds. The molecule has 168 valence electrons. The average molecular weight is 443 g/mol. The van der Waals surface area contributed by atoms with Crippen molar-refractivity contribution >= 4 is 16.7 Å². The number of nitrogens with zero attached hydrogens (tertiary/aromatic N) is 6. The number of carbonyl (C=O) groups excluding carboxylic acids is 1. The summed E-state index contributed by atoms with van der Waals surface area (Å²) >= 11 is 0. The van der Waals surface area contributed by atoms with E-state index in [2.05, 4.69) is 26.5 Å². The largest absolute Gasteiger partial charge is 0.494 e. The highest BCUT2D eigenvalue weighted by atomic mass is 16.5. The van der Waals surface area contributed by atoms with Crippen molar-refractivity contribution in [2.75, 3.05) is 32.8 Å². The average Bonchev–Trinajstić information content (AvgIpc) is 3.32. The Hall–Kier alpha value is -3.78. The molecule has 0 unspecified atom stereocenters. The number of benzene rings is 3. The lowest BCUT2D eigenvalue weighted by Crippen LogP contribution is -2.48. The van der Waals surface area contributed by atoms with Crippen molar-refractivity contribution in [3.63, 3.8) is 0 Å². The van der Waals surface area contributed by atoms with E-state index in [1.54, 1.807) is 4.68 Å². The summed E-state index contributed by atoms with van der Waals surface area (Å²) in [5.41, 5.74) is 1.63. The number of amides is 1. The molecule has 0 spiro atoms. The summed E-state index contributed by atoms with van der Waals surface area (Å²) in [5, 5.41) is 14.5. The number of hydrogen-bond donors (Lipinski definition) is 0. The minimum Gasteiger partial charge on any atom is -0.494 e. The molecule has 0 saturated carbocycles. The molecule has 1 aliphatic heterocycles. The molecule has 3 aromatic carbocycles. The molecule has 33 heavy (non-hydrogen) atoms. The van der Waals surface area contributed by atoms with Crippen molar-refractivity contribution in [1.29, 1.82) is 0 Å². The van der Waals surface area contributed by atoms with Gasteiger partial charge in [-0.15, -0.1) is 5.10 Å². The van der Waals surface area contributed by atoms with Gasteiger partial charge in [-0.1, -0.05) is 30.3 Å². The van der Waals surface area contributed by atoms with Crippen LogP contribution < -0.4 is 4.74 Å². The van der Waals surface area contributed by atoms with Crippen LogP contribution in [-0.4, -0.2) is 68.7 Å². The fraction of sp³-hybridized carbons (Fsp3) is 0.280. The Kier molecular flexibility index (Phi) is 5.99. The predicted octanol–water partition coefficient (Wildman–Crippen LogP) is 3.17. The summed E-state index contributed by atoms with van der Waals surface area (Å²) < 4.78 is 7.26. The zero-order valence-corrected chi connectivity index (χ0v) is 18.6. The van der Waals surface area contributed by atoms with E-state index in [0.29, 0.717) is 26.2 Å². The molecule has 1 saturated heterocycles. The monoisotopic (exact) mass is 442 g/mol. The molecule has 2 heterocycles. The van der Waals surface area contributed by atoms with Gasteiger partial charge in [0.1, 0.15) is 5.75 Å². The summed E-state index contributed by atoms with van der Waals surface area (Å²) in [7, 11) is 0. The number of rotatable bonds is 6. The van der Waals surface area contributed by atoms with Gasteiger partial charge in [0.25, 0.3) is 5.91 Å². The Morgan fingerprint density at radius 2 is 1.70 bits per heavy atom. The van der Waals surface area contributed by atoms with Gasteiger partial charge in [-0.05, 0) is 64.5 Å². The molecule has 0 radical (unpaired) electrons. The molecule has 1 fully saturated rings. The first-order valence-corrected chi connectivity index (χ1v) is 11.2. The molecule has 0 atom stereocenters. The SMILES string of the molecule is CCOc1ccc(-n2nnnc2CN2CCN(C(=O)c3ccc4ccccc4c3)CC2)cc1. The number of aromatic nitrogens is 4. The van der Waals surface area contributed by atoms with E-state index in [1.165, 1.54) is 0 Å². The fourth-order valence-electron chi connectivity index (χ4n) is 4.17. The smallest absolute Gasteiger partial charge is 0.253 e. The molecule has 0 N–H and O–H groups in total. The minimum absolute atomic E-state index is 0.0830. The zero-order valence-electron chi connectivity index (χ0n) is 18.6. The van der Waals surface area contributed by atoms with Crippen LogP contribution in [0.4, 0.5) is 0 Å². The normalized spacial score (nSPS) is 14.5. The second kappa shape index (κ2) is 9.38. The van der Waals surface area contributed by atoms with Crippen LogP contribution in [0.1, 0.15) is 23.1 Å². The maximum Gasteiger partial charge on any atom is 0.253 e. The Morgan fingerprint density at radius 1 is 0.939 bits per heavy atom. The Labute approximate surface area is 192 Å². The first kappa shape index (κ1) is 21.1. The molecule has 4 aromatic rings. The van der Waals surface area contributed by atoms with E-state index in [0.717, 1.165) is 46.7 Å². The lowest BCUT2D eigenvalue weighted by Gasteiger charge is -2.34. The second-order valence-corrected chi connectivity index (χ2v) is 8.06. The van der Waals surface area contributed by atoms with Gasteiger partial charge in [-0.3, -0.25) is 9.69 Å². The highest BCUT2D eigenvalue weighted by Gasteiger charge is 2.24. The highest BCUT2D eigenvalue weighted by molar-refractivity contribution is 5.98. The van der Waals surface area contributed by atoms with Crippen LogP contribution in [0.25, 0.3) is 16.5 Å². The summed E-state index contributed by atoms with van der Waals surface area (Å²) in [6.45, 7) is 6.11. The van der Waals surface area contributed by atoms with Crippen LogP contribution >= 0.6 is 0 Å². The third kappa shape index (κ3) is 4.56. The molecule has 8 heteroatoms. The van der Waals surface area contributed by atoms with Crippen molar-refractivity contribution in [2.45, 2.75) is 13.5 Å². The number of tetrazole rings is 1. The summed E-state index contributed by atoms with van der Waals surface area (Å²) in [4.78, 5) is 17.2. The quantitative estimate of drug-likeness (QED) is 0.457. The number of piperazine rings is 1. The van der Waals surface area contributed by atoms with Gasteiger partial charge in [0, 0.05) is 31.7 Å². The molecule has 8 nitrogen and oxygen atoms in total. The molecular formula is C25H26N6O2. The van der Waals surface area contributed by atoms with E-state index >= 15 is 0 Å². The Bertz CT molecular complexity index is 1250. The maximum absolute atomic E-state index is 13.0. The second-order valence-electron chi connectivity index (χ2n) is 8.06. The summed E-state index contributed by atoms with van der Waals surface area (Å²) in [6.07, 6.45) is 0. The topological polar surface area (TPSA) is 76.4 Å². The highest BCUT2D eigenvalue weighted by Crippen LogP contribution is 2.19. The predicted molar refractivity (Wildman–Crippen MR) is 125 cm³/mol. The van der Waals surface area contributed by atoms with Crippen LogP contribution in [0.2, 0.25) is 0 Å². The van der Waals surface area contributed by atoms with Crippen LogP contribution in [0.15, 0.2) is 66.7 Å². The lowest BCUT2D eigenvalue weighted by molar-refractivity contribution is 0.0624. The van der Waals surface area contributed by atoms with Crippen molar-refractivity contribution in [1.82, 2.24) is 30.0 Å². The molecular weight excluding hydrogens is 416 g/mol. The molecule has 1 aromatic heterocycles. The Morgan fingerprint density at radius 3 is 2.45 bits per heavy atom. The van der Waals surface area contributed by atoms with Gasteiger partial charge < -0.3 is 9.64 Å². The third-order valence-electron chi connectivity index (χ3n) is 5.95. The molecule has 5 rings (SSSR count). The van der Waals surface area contributed by atoms with Crippen LogP contribution in [0.3, 0.4) is 0 Å². The molecule has 0 aliphatic carbocycles. The molecule has 0 bridgehead atoms. The lowest BCUT2D eigenvalue weighted by atomic mass is 10.1. The van der Waals surface area contributed by atoms with Gasteiger partial charge in [0.15, 0.2) is 5.82 Å². The van der Waals surface area contributed by atoms with Gasteiger partial charge in [-0.25, -0.2) is 0 Å². The number of ether oxygens (including phenoxy) is 1.